The minimum Gasteiger partial charge on any atom is -0.472 e. The maximum absolute atomic E-state index is 13.2. The molecular weight excluding hydrogens is 384 g/mol. The molecule has 2 aromatic heterocycles. The summed E-state index contributed by atoms with van der Waals surface area (Å²) in [5.74, 6) is -0.242. The van der Waals surface area contributed by atoms with Gasteiger partial charge in [0.05, 0.1) is 30.0 Å². The molecule has 1 fully saturated rings. The Kier molecular flexibility index (Phi) is 5.65. The van der Waals surface area contributed by atoms with E-state index in [0.717, 1.165) is 23.2 Å². The molecule has 1 unspecified atom stereocenters. The molecule has 0 radical (unpaired) electrons. The highest BCUT2D eigenvalue weighted by atomic mass is 16.5. The number of carbonyl (C=O) groups is 2. The Bertz CT molecular complexity index is 1020. The van der Waals surface area contributed by atoms with Crippen molar-refractivity contribution in [1.29, 1.82) is 0 Å². The van der Waals surface area contributed by atoms with E-state index in [2.05, 4.69) is 10.1 Å². The Morgan fingerprint density at radius 2 is 2.03 bits per heavy atom. The van der Waals surface area contributed by atoms with Gasteiger partial charge in [0, 0.05) is 13.1 Å². The molecule has 0 saturated carbocycles. The minimum atomic E-state index is -0.310. The molecule has 1 aromatic carbocycles. The first kappa shape index (κ1) is 19.9. The number of hydrogen-bond donors (Lipinski definition) is 0. The van der Waals surface area contributed by atoms with Crippen LogP contribution >= 0.6 is 0 Å². The second-order valence-corrected chi connectivity index (χ2v) is 7.36. The first-order valence-corrected chi connectivity index (χ1v) is 10.1. The lowest BCUT2D eigenvalue weighted by atomic mass is 9.98. The van der Waals surface area contributed by atoms with E-state index in [1.807, 2.05) is 31.2 Å². The van der Waals surface area contributed by atoms with Crippen LogP contribution in [0.25, 0.3) is 17.1 Å². The molecular formula is C22H24N4O4. The van der Waals surface area contributed by atoms with Crippen molar-refractivity contribution in [3.05, 3.63) is 54.2 Å². The average molecular weight is 408 g/mol. The molecule has 1 aliphatic rings. The predicted molar refractivity (Wildman–Crippen MR) is 109 cm³/mol. The number of amides is 1. The summed E-state index contributed by atoms with van der Waals surface area (Å²) in [7, 11) is 0. The molecule has 8 nitrogen and oxygen atoms in total. The fourth-order valence-corrected chi connectivity index (χ4v) is 3.60. The van der Waals surface area contributed by atoms with Crippen molar-refractivity contribution in [1.82, 2.24) is 19.7 Å². The lowest BCUT2D eigenvalue weighted by Crippen LogP contribution is -2.43. The quantitative estimate of drug-likeness (QED) is 0.602. The molecule has 0 spiro atoms. The summed E-state index contributed by atoms with van der Waals surface area (Å²) in [5, 5.41) is 4.50. The van der Waals surface area contributed by atoms with Crippen LogP contribution in [-0.2, 0) is 9.53 Å². The highest BCUT2D eigenvalue weighted by Crippen LogP contribution is 2.24. The van der Waals surface area contributed by atoms with Gasteiger partial charge in [-0.15, -0.1) is 5.10 Å². The van der Waals surface area contributed by atoms with Crippen LogP contribution in [0, 0.1) is 12.8 Å². The monoisotopic (exact) mass is 408 g/mol. The van der Waals surface area contributed by atoms with Crippen LogP contribution in [0.15, 0.2) is 47.3 Å². The number of ether oxygens (including phenoxy) is 1. The van der Waals surface area contributed by atoms with Gasteiger partial charge in [0.15, 0.2) is 5.82 Å². The summed E-state index contributed by atoms with van der Waals surface area (Å²) in [5.41, 5.74) is 2.65. The van der Waals surface area contributed by atoms with Crippen LogP contribution < -0.4 is 0 Å². The summed E-state index contributed by atoms with van der Waals surface area (Å²) in [4.78, 5) is 31.4. The summed E-state index contributed by atoms with van der Waals surface area (Å²) in [6, 6.07) is 9.60. The fourth-order valence-electron chi connectivity index (χ4n) is 3.60. The minimum absolute atomic E-state index is 0.0938. The van der Waals surface area contributed by atoms with Gasteiger partial charge in [-0.25, -0.2) is 9.67 Å². The fraction of sp³-hybridized carbons (Fsp3) is 0.364. The Hall–Kier alpha value is -3.42. The van der Waals surface area contributed by atoms with Gasteiger partial charge in [-0.3, -0.25) is 9.59 Å². The van der Waals surface area contributed by atoms with Crippen molar-refractivity contribution < 1.29 is 18.7 Å². The van der Waals surface area contributed by atoms with E-state index in [1.54, 1.807) is 35.1 Å². The number of aromatic nitrogens is 3. The van der Waals surface area contributed by atoms with Gasteiger partial charge in [-0.1, -0.05) is 17.7 Å². The van der Waals surface area contributed by atoms with Crippen molar-refractivity contribution in [2.75, 3.05) is 19.7 Å². The SMILES string of the molecule is CCOC(=O)C1CCCN(C(=O)c2nc(-c3ccoc3)n(-c3ccc(C)cc3)n2)C1. The molecule has 156 valence electrons. The molecule has 30 heavy (non-hydrogen) atoms. The predicted octanol–water partition coefficient (Wildman–Crippen LogP) is 3.25. The van der Waals surface area contributed by atoms with Gasteiger partial charge in [-0.2, -0.15) is 0 Å². The number of benzene rings is 1. The normalized spacial score (nSPS) is 16.5. The maximum Gasteiger partial charge on any atom is 0.310 e. The molecule has 3 heterocycles. The van der Waals surface area contributed by atoms with E-state index >= 15 is 0 Å². The van der Waals surface area contributed by atoms with Crippen LogP contribution in [0.4, 0.5) is 0 Å². The number of likely N-dealkylation sites (tertiary alicyclic amines) is 1. The van der Waals surface area contributed by atoms with E-state index in [0.29, 0.717) is 31.9 Å². The topological polar surface area (TPSA) is 90.5 Å². The second-order valence-electron chi connectivity index (χ2n) is 7.36. The molecule has 1 saturated heterocycles. The number of aryl methyl sites for hydroxylation is 1. The highest BCUT2D eigenvalue weighted by molar-refractivity contribution is 5.91. The number of furan rings is 1. The molecule has 0 N–H and O–H groups in total. The number of esters is 1. The van der Waals surface area contributed by atoms with Crippen molar-refractivity contribution in [3.8, 4) is 17.1 Å². The zero-order chi connectivity index (χ0) is 21.1. The van der Waals surface area contributed by atoms with Crippen molar-refractivity contribution in [3.63, 3.8) is 0 Å². The Balaban J connectivity index is 1.64. The van der Waals surface area contributed by atoms with Crippen molar-refractivity contribution in [2.45, 2.75) is 26.7 Å². The molecule has 8 heteroatoms. The molecule has 3 aromatic rings. The number of nitrogens with zero attached hydrogens (tertiary/aromatic N) is 4. The smallest absolute Gasteiger partial charge is 0.310 e. The maximum atomic E-state index is 13.2. The van der Waals surface area contributed by atoms with Gasteiger partial charge in [-0.05, 0) is 44.9 Å². The average Bonchev–Trinajstić information content (AvgIpc) is 3.44. The largest absolute Gasteiger partial charge is 0.472 e. The zero-order valence-corrected chi connectivity index (χ0v) is 17.1. The van der Waals surface area contributed by atoms with Gasteiger partial charge in [0.2, 0.25) is 5.82 Å². The molecule has 0 bridgehead atoms. The van der Waals surface area contributed by atoms with E-state index in [1.165, 1.54) is 0 Å². The van der Waals surface area contributed by atoms with E-state index in [-0.39, 0.29) is 23.6 Å². The number of piperidine rings is 1. The molecule has 4 rings (SSSR count). The third kappa shape index (κ3) is 3.98. The van der Waals surface area contributed by atoms with Crippen molar-refractivity contribution in [2.24, 2.45) is 5.92 Å². The Morgan fingerprint density at radius 1 is 1.23 bits per heavy atom. The first-order valence-electron chi connectivity index (χ1n) is 10.1. The third-order valence-electron chi connectivity index (χ3n) is 5.18. The number of rotatable bonds is 5. The standard InChI is InChI=1S/C22H24N4O4/c1-3-30-22(28)16-5-4-11-25(13-16)21(27)19-23-20(17-10-12-29-14-17)26(24-19)18-8-6-15(2)7-9-18/h6-10,12,14,16H,3-5,11,13H2,1-2H3. The summed E-state index contributed by atoms with van der Waals surface area (Å²) in [6.45, 7) is 5.00. The Morgan fingerprint density at radius 3 is 2.73 bits per heavy atom. The zero-order valence-electron chi connectivity index (χ0n) is 17.1. The van der Waals surface area contributed by atoms with Crippen LogP contribution in [0.3, 0.4) is 0 Å². The lowest BCUT2D eigenvalue weighted by Gasteiger charge is -2.30. The van der Waals surface area contributed by atoms with Crippen molar-refractivity contribution >= 4 is 11.9 Å². The van der Waals surface area contributed by atoms with E-state index in [4.69, 9.17) is 9.15 Å². The van der Waals surface area contributed by atoms with Crippen LogP contribution in [0.2, 0.25) is 0 Å². The molecule has 1 aliphatic heterocycles. The van der Waals surface area contributed by atoms with Gasteiger partial charge < -0.3 is 14.1 Å². The highest BCUT2D eigenvalue weighted by Gasteiger charge is 2.32. The second kappa shape index (κ2) is 8.52. The van der Waals surface area contributed by atoms with Crippen LogP contribution in [-0.4, -0.2) is 51.2 Å². The van der Waals surface area contributed by atoms with Gasteiger partial charge in [0.1, 0.15) is 6.26 Å². The van der Waals surface area contributed by atoms with Gasteiger partial charge >= 0.3 is 5.97 Å². The first-order chi connectivity index (χ1) is 14.6. The van der Waals surface area contributed by atoms with Gasteiger partial charge in [0.25, 0.3) is 5.91 Å². The third-order valence-corrected chi connectivity index (χ3v) is 5.18. The molecule has 0 aliphatic carbocycles. The summed E-state index contributed by atoms with van der Waals surface area (Å²) < 4.78 is 12.0. The number of hydrogen-bond acceptors (Lipinski definition) is 6. The number of carbonyl (C=O) groups excluding carboxylic acids is 2. The lowest BCUT2D eigenvalue weighted by molar-refractivity contribution is -0.149. The summed E-state index contributed by atoms with van der Waals surface area (Å²) in [6.07, 6.45) is 4.58. The van der Waals surface area contributed by atoms with E-state index in [9.17, 15) is 9.59 Å². The molecule has 1 atom stereocenters. The van der Waals surface area contributed by atoms with E-state index < -0.39 is 0 Å². The van der Waals surface area contributed by atoms with Crippen LogP contribution in [0.5, 0.6) is 0 Å². The van der Waals surface area contributed by atoms with Crippen LogP contribution in [0.1, 0.15) is 35.9 Å². The Labute approximate surface area is 174 Å². The summed E-state index contributed by atoms with van der Waals surface area (Å²) >= 11 is 0. The molecule has 1 amide bonds.